The molecule has 1 aliphatic rings. The molecule has 0 amide bonds. The molecule has 0 aromatic carbocycles. The van der Waals surface area contributed by atoms with E-state index in [1.807, 2.05) is 24.8 Å². The van der Waals surface area contributed by atoms with Crippen LogP contribution in [0.25, 0.3) is 0 Å². The lowest BCUT2D eigenvalue weighted by Gasteiger charge is -2.35. The van der Waals surface area contributed by atoms with Gasteiger partial charge < -0.3 is 4.98 Å². The maximum absolute atomic E-state index is 4.76. The summed E-state index contributed by atoms with van der Waals surface area (Å²) in [6, 6.07) is 4.64. The van der Waals surface area contributed by atoms with E-state index in [0.717, 1.165) is 30.9 Å². The number of nitrogens with one attached hydrogen (secondary N) is 1. The van der Waals surface area contributed by atoms with Crippen molar-refractivity contribution in [3.8, 4) is 0 Å². The number of aromatic amines is 1. The fourth-order valence-corrected chi connectivity index (χ4v) is 4.03. The summed E-state index contributed by atoms with van der Waals surface area (Å²) < 4.78 is 2.13. The standard InChI is InChI=1S/C20H26N6/c1-13(2)26-15(4)17(14(3)24-26)11-25-9-7-18-19(23-12-22-18)20(25)16-6-5-8-21-10-16/h5-6,8,10,12-13,20H,7,9,11H2,1-4H3,(H,22,23). The summed E-state index contributed by atoms with van der Waals surface area (Å²) in [5.41, 5.74) is 7.25. The van der Waals surface area contributed by atoms with Gasteiger partial charge >= 0.3 is 0 Å². The molecule has 1 N–H and O–H groups in total. The SMILES string of the molecule is Cc1nn(C(C)C)c(C)c1CN1CCc2[nH]cnc2C1c1cccnc1. The molecule has 3 aromatic heterocycles. The molecule has 1 aliphatic heterocycles. The number of rotatable bonds is 4. The van der Waals surface area contributed by atoms with Crippen LogP contribution in [0.2, 0.25) is 0 Å². The first-order valence-corrected chi connectivity index (χ1v) is 9.27. The van der Waals surface area contributed by atoms with Crippen molar-refractivity contribution < 1.29 is 0 Å². The Balaban J connectivity index is 1.72. The van der Waals surface area contributed by atoms with Gasteiger partial charge in [-0.1, -0.05) is 6.07 Å². The Hall–Kier alpha value is -2.47. The van der Waals surface area contributed by atoms with E-state index in [1.165, 1.54) is 22.5 Å². The van der Waals surface area contributed by atoms with E-state index in [4.69, 9.17) is 5.10 Å². The maximum atomic E-state index is 4.76. The molecular formula is C20H26N6. The van der Waals surface area contributed by atoms with Crippen molar-refractivity contribution in [1.29, 1.82) is 0 Å². The summed E-state index contributed by atoms with van der Waals surface area (Å²) in [5, 5.41) is 4.76. The molecule has 3 aromatic rings. The number of aromatic nitrogens is 5. The van der Waals surface area contributed by atoms with Gasteiger partial charge in [-0.15, -0.1) is 0 Å². The summed E-state index contributed by atoms with van der Waals surface area (Å²) in [6.07, 6.45) is 6.58. The molecule has 0 spiro atoms. The van der Waals surface area contributed by atoms with Gasteiger partial charge in [0.25, 0.3) is 0 Å². The van der Waals surface area contributed by atoms with Crippen LogP contribution in [0, 0.1) is 13.8 Å². The first kappa shape index (κ1) is 17.0. The van der Waals surface area contributed by atoms with Crippen LogP contribution in [0.3, 0.4) is 0 Å². The Kier molecular flexibility index (Phi) is 4.36. The van der Waals surface area contributed by atoms with Crippen LogP contribution in [0.5, 0.6) is 0 Å². The van der Waals surface area contributed by atoms with Crippen molar-refractivity contribution in [1.82, 2.24) is 29.6 Å². The van der Waals surface area contributed by atoms with Crippen LogP contribution < -0.4 is 0 Å². The lowest BCUT2D eigenvalue weighted by molar-refractivity contribution is 0.199. The average Bonchev–Trinajstić information content (AvgIpc) is 3.22. The third kappa shape index (κ3) is 2.84. The smallest absolute Gasteiger partial charge is 0.0926 e. The zero-order valence-corrected chi connectivity index (χ0v) is 15.9. The predicted octanol–water partition coefficient (Wildman–Crippen LogP) is 3.35. The molecule has 0 radical (unpaired) electrons. The Bertz CT molecular complexity index is 892. The minimum Gasteiger partial charge on any atom is -0.348 e. The van der Waals surface area contributed by atoms with Crippen molar-refractivity contribution in [2.24, 2.45) is 0 Å². The first-order chi connectivity index (χ1) is 12.6. The molecular weight excluding hydrogens is 324 g/mol. The largest absolute Gasteiger partial charge is 0.348 e. The third-order valence-electron chi connectivity index (χ3n) is 5.35. The van der Waals surface area contributed by atoms with Gasteiger partial charge in [0.05, 0.1) is 23.8 Å². The minimum absolute atomic E-state index is 0.125. The van der Waals surface area contributed by atoms with Crippen molar-refractivity contribution >= 4 is 0 Å². The van der Waals surface area contributed by atoms with Gasteiger partial charge in [-0.2, -0.15) is 5.10 Å². The van der Waals surface area contributed by atoms with Gasteiger partial charge in [0.15, 0.2) is 0 Å². The molecule has 6 heteroatoms. The van der Waals surface area contributed by atoms with Crippen LogP contribution in [0.4, 0.5) is 0 Å². The molecule has 26 heavy (non-hydrogen) atoms. The zero-order chi connectivity index (χ0) is 18.3. The van der Waals surface area contributed by atoms with Crippen molar-refractivity contribution in [2.75, 3.05) is 6.54 Å². The quantitative estimate of drug-likeness (QED) is 0.784. The van der Waals surface area contributed by atoms with Crippen molar-refractivity contribution in [3.05, 3.63) is 64.8 Å². The highest BCUT2D eigenvalue weighted by Gasteiger charge is 2.32. The summed E-state index contributed by atoms with van der Waals surface area (Å²) in [5.74, 6) is 0. The number of hydrogen-bond acceptors (Lipinski definition) is 4. The summed E-state index contributed by atoms with van der Waals surface area (Å²) in [7, 11) is 0. The van der Waals surface area contributed by atoms with Crippen LogP contribution in [0.1, 0.15) is 59.8 Å². The first-order valence-electron chi connectivity index (χ1n) is 9.27. The Morgan fingerprint density at radius 3 is 2.85 bits per heavy atom. The lowest BCUT2D eigenvalue weighted by atomic mass is 9.96. The van der Waals surface area contributed by atoms with Gasteiger partial charge in [-0.3, -0.25) is 14.6 Å². The van der Waals surface area contributed by atoms with E-state index in [1.54, 1.807) is 0 Å². The second kappa shape index (κ2) is 6.68. The van der Waals surface area contributed by atoms with E-state index >= 15 is 0 Å². The van der Waals surface area contributed by atoms with Crippen LogP contribution >= 0.6 is 0 Å². The van der Waals surface area contributed by atoms with Crippen molar-refractivity contribution in [2.45, 2.75) is 52.7 Å². The van der Waals surface area contributed by atoms with Crippen LogP contribution in [0.15, 0.2) is 30.9 Å². The van der Waals surface area contributed by atoms with E-state index in [-0.39, 0.29) is 6.04 Å². The zero-order valence-electron chi connectivity index (χ0n) is 15.9. The number of imidazole rings is 1. The van der Waals surface area contributed by atoms with Gasteiger partial charge in [0, 0.05) is 54.9 Å². The Labute approximate surface area is 154 Å². The normalized spacial score (nSPS) is 17.7. The predicted molar refractivity (Wildman–Crippen MR) is 101 cm³/mol. The molecule has 0 bridgehead atoms. The molecule has 1 atom stereocenters. The van der Waals surface area contributed by atoms with Crippen LogP contribution in [-0.2, 0) is 13.0 Å². The van der Waals surface area contributed by atoms with Crippen LogP contribution in [-0.4, -0.2) is 36.2 Å². The highest BCUT2D eigenvalue weighted by molar-refractivity contribution is 5.32. The Morgan fingerprint density at radius 2 is 2.15 bits per heavy atom. The Morgan fingerprint density at radius 1 is 1.31 bits per heavy atom. The number of hydrogen-bond donors (Lipinski definition) is 1. The fraction of sp³-hybridized carbons (Fsp3) is 0.450. The number of pyridine rings is 1. The van der Waals surface area contributed by atoms with E-state index in [9.17, 15) is 0 Å². The number of fused-ring (bicyclic) bond motifs is 1. The van der Waals surface area contributed by atoms with Gasteiger partial charge in [-0.25, -0.2) is 4.98 Å². The molecule has 136 valence electrons. The monoisotopic (exact) mass is 350 g/mol. The van der Waals surface area contributed by atoms with Gasteiger partial charge in [0.2, 0.25) is 0 Å². The highest BCUT2D eigenvalue weighted by atomic mass is 15.3. The molecule has 4 rings (SSSR count). The lowest BCUT2D eigenvalue weighted by Crippen LogP contribution is -2.36. The molecule has 0 fully saturated rings. The topological polar surface area (TPSA) is 62.6 Å². The minimum atomic E-state index is 0.125. The summed E-state index contributed by atoms with van der Waals surface area (Å²) >= 11 is 0. The number of aryl methyl sites for hydroxylation is 1. The second-order valence-electron chi connectivity index (χ2n) is 7.36. The van der Waals surface area contributed by atoms with Gasteiger partial charge in [-0.05, 0) is 39.3 Å². The number of H-pyrrole nitrogens is 1. The number of nitrogens with zero attached hydrogens (tertiary/aromatic N) is 5. The molecule has 0 saturated heterocycles. The second-order valence-corrected chi connectivity index (χ2v) is 7.36. The molecule has 6 nitrogen and oxygen atoms in total. The molecule has 0 aliphatic carbocycles. The summed E-state index contributed by atoms with van der Waals surface area (Å²) in [4.78, 5) is 14.8. The van der Waals surface area contributed by atoms with Crippen molar-refractivity contribution in [3.63, 3.8) is 0 Å². The van der Waals surface area contributed by atoms with Gasteiger partial charge in [0.1, 0.15) is 0 Å². The van der Waals surface area contributed by atoms with E-state index < -0.39 is 0 Å². The third-order valence-corrected chi connectivity index (χ3v) is 5.35. The highest BCUT2D eigenvalue weighted by Crippen LogP contribution is 2.34. The van der Waals surface area contributed by atoms with E-state index in [0.29, 0.717) is 6.04 Å². The average molecular weight is 350 g/mol. The van der Waals surface area contributed by atoms with E-state index in [2.05, 4.69) is 58.3 Å². The maximum Gasteiger partial charge on any atom is 0.0926 e. The summed E-state index contributed by atoms with van der Waals surface area (Å²) in [6.45, 7) is 10.5. The fourth-order valence-electron chi connectivity index (χ4n) is 4.03. The molecule has 4 heterocycles. The molecule has 1 unspecified atom stereocenters. The molecule has 0 saturated carbocycles.